The molecule has 2 aromatic rings. The van der Waals surface area contributed by atoms with Gasteiger partial charge in [-0.05, 0) is 60.6 Å². The van der Waals surface area contributed by atoms with Crippen LogP contribution in [0.3, 0.4) is 0 Å². The Balaban J connectivity index is 1.46. The summed E-state index contributed by atoms with van der Waals surface area (Å²) < 4.78 is 12.9. The molecule has 0 aliphatic heterocycles. The van der Waals surface area contributed by atoms with Gasteiger partial charge in [-0.2, -0.15) is 0 Å². The maximum atomic E-state index is 12.9. The number of benzene rings is 2. The first kappa shape index (κ1) is 17.0. The van der Waals surface area contributed by atoms with E-state index in [1.165, 1.54) is 41.7 Å². The molecule has 2 nitrogen and oxygen atoms in total. The predicted octanol–water partition coefficient (Wildman–Crippen LogP) is 4.43. The van der Waals surface area contributed by atoms with Crippen molar-refractivity contribution >= 4 is 17.7 Å². The van der Waals surface area contributed by atoms with Crippen LogP contribution in [0.5, 0.6) is 0 Å². The van der Waals surface area contributed by atoms with Gasteiger partial charge in [0.25, 0.3) is 0 Å². The summed E-state index contributed by atoms with van der Waals surface area (Å²) >= 11 is 1.54. The summed E-state index contributed by atoms with van der Waals surface area (Å²) in [5, 5.41) is 3.06. The summed E-state index contributed by atoms with van der Waals surface area (Å²) in [6.07, 6.45) is 3.56. The van der Waals surface area contributed by atoms with E-state index in [0.717, 1.165) is 12.0 Å². The van der Waals surface area contributed by atoms with Crippen molar-refractivity contribution in [3.8, 4) is 0 Å². The minimum Gasteiger partial charge on any atom is -0.349 e. The van der Waals surface area contributed by atoms with Crippen molar-refractivity contribution in [3.63, 3.8) is 0 Å². The van der Waals surface area contributed by atoms with Crippen LogP contribution in [0.1, 0.15) is 41.6 Å². The lowest BCUT2D eigenvalue weighted by Crippen LogP contribution is -2.28. The number of nitrogens with one attached hydrogen (secondary N) is 1. The number of rotatable bonds is 6. The number of hydrogen-bond acceptors (Lipinski definition) is 2. The molecule has 126 valence electrons. The molecule has 1 N–H and O–H groups in total. The highest BCUT2D eigenvalue weighted by Crippen LogP contribution is 2.25. The number of carbonyl (C=O) groups excluding carboxylic acids is 1. The van der Waals surface area contributed by atoms with Crippen LogP contribution in [0, 0.1) is 5.82 Å². The molecule has 3 rings (SSSR count). The van der Waals surface area contributed by atoms with E-state index < -0.39 is 0 Å². The smallest absolute Gasteiger partial charge is 0.230 e. The lowest BCUT2D eigenvalue weighted by atomic mass is 10.0. The minimum absolute atomic E-state index is 0.0230. The molecule has 0 bridgehead atoms. The molecule has 0 radical (unpaired) electrons. The Hall–Kier alpha value is -1.81. The highest BCUT2D eigenvalue weighted by molar-refractivity contribution is 7.99. The summed E-state index contributed by atoms with van der Waals surface area (Å²) in [6, 6.07) is 13.0. The molecule has 0 fully saturated rings. The van der Waals surface area contributed by atoms with Crippen molar-refractivity contribution < 1.29 is 9.18 Å². The van der Waals surface area contributed by atoms with Crippen LogP contribution >= 0.6 is 11.8 Å². The van der Waals surface area contributed by atoms with Crippen LogP contribution in [-0.4, -0.2) is 11.7 Å². The Labute approximate surface area is 146 Å². The highest BCUT2D eigenvalue weighted by atomic mass is 32.2. The molecule has 0 aromatic heterocycles. The first-order valence-corrected chi connectivity index (χ1v) is 9.50. The lowest BCUT2D eigenvalue weighted by Gasteiger charge is -2.15. The molecule has 0 heterocycles. The normalized spacial score (nSPS) is 14.2. The molecule has 0 saturated carbocycles. The standard InChI is InChI=1S/C20H22FNOS/c1-14(17-8-7-16-3-2-4-18(16)11-17)22-20(23)13-24-12-15-5-9-19(21)10-6-15/h5-11,14H,2-4,12-13H2,1H3,(H,22,23)/t14-/m1/s1. The van der Waals surface area contributed by atoms with Gasteiger partial charge in [0.2, 0.25) is 5.91 Å². The second kappa shape index (κ2) is 7.84. The Morgan fingerprint density at radius 3 is 2.71 bits per heavy atom. The first-order valence-electron chi connectivity index (χ1n) is 8.35. The van der Waals surface area contributed by atoms with Gasteiger partial charge in [-0.25, -0.2) is 4.39 Å². The van der Waals surface area contributed by atoms with Gasteiger partial charge in [0.1, 0.15) is 5.82 Å². The molecular formula is C20H22FNOS. The van der Waals surface area contributed by atoms with Crippen molar-refractivity contribution in [2.45, 2.75) is 38.0 Å². The molecule has 1 amide bonds. The van der Waals surface area contributed by atoms with E-state index in [0.29, 0.717) is 11.5 Å². The molecule has 1 aliphatic rings. The van der Waals surface area contributed by atoms with Crippen LogP contribution < -0.4 is 5.32 Å². The van der Waals surface area contributed by atoms with Crippen molar-refractivity contribution in [1.29, 1.82) is 0 Å². The number of carbonyl (C=O) groups is 1. The average Bonchev–Trinajstić information content (AvgIpc) is 3.04. The van der Waals surface area contributed by atoms with Gasteiger partial charge in [0.05, 0.1) is 11.8 Å². The zero-order valence-corrected chi connectivity index (χ0v) is 14.7. The Morgan fingerprint density at radius 2 is 1.92 bits per heavy atom. The van der Waals surface area contributed by atoms with Crippen LogP contribution in [-0.2, 0) is 23.4 Å². The molecular weight excluding hydrogens is 321 g/mol. The van der Waals surface area contributed by atoms with Crippen LogP contribution in [0.4, 0.5) is 4.39 Å². The molecule has 0 unspecified atom stereocenters. The van der Waals surface area contributed by atoms with Crippen molar-refractivity contribution in [2.24, 2.45) is 0 Å². The summed E-state index contributed by atoms with van der Waals surface area (Å²) in [4.78, 5) is 12.1. The van der Waals surface area contributed by atoms with E-state index in [-0.39, 0.29) is 17.8 Å². The molecule has 24 heavy (non-hydrogen) atoms. The van der Waals surface area contributed by atoms with E-state index in [9.17, 15) is 9.18 Å². The summed E-state index contributed by atoms with van der Waals surface area (Å²) in [6.45, 7) is 2.03. The van der Waals surface area contributed by atoms with Gasteiger partial charge in [0, 0.05) is 5.75 Å². The third-order valence-corrected chi connectivity index (χ3v) is 5.42. The fraction of sp³-hybridized carbons (Fsp3) is 0.350. The largest absolute Gasteiger partial charge is 0.349 e. The summed E-state index contributed by atoms with van der Waals surface area (Å²) in [7, 11) is 0. The van der Waals surface area contributed by atoms with Crippen molar-refractivity contribution in [2.75, 3.05) is 5.75 Å². The summed E-state index contributed by atoms with van der Waals surface area (Å²) in [5.74, 6) is 0.924. The third kappa shape index (κ3) is 4.38. The number of amides is 1. The minimum atomic E-state index is -0.232. The number of aryl methyl sites for hydroxylation is 2. The van der Waals surface area contributed by atoms with Crippen molar-refractivity contribution in [1.82, 2.24) is 5.32 Å². The Morgan fingerprint density at radius 1 is 1.17 bits per heavy atom. The van der Waals surface area contributed by atoms with Crippen LogP contribution in [0.15, 0.2) is 42.5 Å². The quantitative estimate of drug-likeness (QED) is 0.841. The zero-order valence-electron chi connectivity index (χ0n) is 13.8. The Bertz CT molecular complexity index is 714. The number of hydrogen-bond donors (Lipinski definition) is 1. The van der Waals surface area contributed by atoms with Gasteiger partial charge in [-0.1, -0.05) is 30.3 Å². The van der Waals surface area contributed by atoms with Gasteiger partial charge in [-0.3, -0.25) is 4.79 Å². The molecule has 4 heteroatoms. The maximum absolute atomic E-state index is 12.9. The molecule has 2 aromatic carbocycles. The second-order valence-corrected chi connectivity index (χ2v) is 7.28. The highest BCUT2D eigenvalue weighted by Gasteiger charge is 2.14. The molecule has 0 spiro atoms. The van der Waals surface area contributed by atoms with Gasteiger partial charge < -0.3 is 5.32 Å². The van der Waals surface area contributed by atoms with E-state index in [1.54, 1.807) is 23.9 Å². The lowest BCUT2D eigenvalue weighted by molar-refractivity contribution is -0.119. The van der Waals surface area contributed by atoms with E-state index in [4.69, 9.17) is 0 Å². The van der Waals surface area contributed by atoms with Gasteiger partial charge >= 0.3 is 0 Å². The van der Waals surface area contributed by atoms with E-state index in [2.05, 4.69) is 23.5 Å². The van der Waals surface area contributed by atoms with Crippen molar-refractivity contribution in [3.05, 3.63) is 70.5 Å². The fourth-order valence-corrected chi connectivity index (χ4v) is 3.87. The average molecular weight is 343 g/mol. The monoisotopic (exact) mass is 343 g/mol. The molecule has 1 aliphatic carbocycles. The van der Waals surface area contributed by atoms with Crippen LogP contribution in [0.2, 0.25) is 0 Å². The predicted molar refractivity (Wildman–Crippen MR) is 97.6 cm³/mol. The van der Waals surface area contributed by atoms with Gasteiger partial charge in [-0.15, -0.1) is 11.8 Å². The number of thioether (sulfide) groups is 1. The van der Waals surface area contributed by atoms with Crippen LogP contribution in [0.25, 0.3) is 0 Å². The number of fused-ring (bicyclic) bond motifs is 1. The first-order chi connectivity index (χ1) is 11.6. The molecule has 0 saturated heterocycles. The number of halogens is 1. The van der Waals surface area contributed by atoms with E-state index >= 15 is 0 Å². The van der Waals surface area contributed by atoms with E-state index in [1.807, 2.05) is 6.92 Å². The topological polar surface area (TPSA) is 29.1 Å². The Kier molecular flexibility index (Phi) is 5.56. The van der Waals surface area contributed by atoms with Gasteiger partial charge in [0.15, 0.2) is 0 Å². The zero-order chi connectivity index (χ0) is 16.9. The third-order valence-electron chi connectivity index (χ3n) is 4.42. The fourth-order valence-electron chi connectivity index (χ4n) is 3.07. The molecule has 1 atom stereocenters. The SMILES string of the molecule is C[C@@H](NC(=O)CSCc1ccc(F)cc1)c1ccc2c(c1)CCC2. The summed E-state index contributed by atoms with van der Waals surface area (Å²) in [5.41, 5.74) is 5.08. The second-order valence-electron chi connectivity index (χ2n) is 6.29. The maximum Gasteiger partial charge on any atom is 0.230 e.